The lowest BCUT2D eigenvalue weighted by molar-refractivity contribution is 0.814. The van der Waals surface area contributed by atoms with Gasteiger partial charge >= 0.3 is 0 Å². The molecule has 21 heavy (non-hydrogen) atoms. The molecule has 2 aromatic rings. The highest BCUT2D eigenvalue weighted by Crippen LogP contribution is 2.37. The Hall–Kier alpha value is -3.12. The Morgan fingerprint density at radius 1 is 1.10 bits per heavy atom. The molecule has 0 saturated heterocycles. The maximum atomic E-state index is 9.45. The molecule has 1 aromatic heterocycles. The van der Waals surface area contributed by atoms with E-state index >= 15 is 0 Å². The van der Waals surface area contributed by atoms with E-state index in [1.165, 1.54) is 0 Å². The highest BCUT2D eigenvalue weighted by atomic mass is 15.3. The first-order valence-electron chi connectivity index (χ1n) is 6.45. The molecule has 3 rings (SSSR count). The summed E-state index contributed by atoms with van der Waals surface area (Å²) in [6.45, 7) is 3.69. The molecule has 6 heteroatoms. The Bertz CT molecular complexity index is 835. The first-order valence-corrected chi connectivity index (χ1v) is 6.45. The van der Waals surface area contributed by atoms with Gasteiger partial charge in [0.2, 0.25) is 0 Å². The van der Waals surface area contributed by atoms with E-state index in [1.54, 1.807) is 0 Å². The number of benzene rings is 1. The van der Waals surface area contributed by atoms with Crippen LogP contribution in [0.25, 0.3) is 11.0 Å². The summed E-state index contributed by atoms with van der Waals surface area (Å²) in [6.07, 6.45) is 0. The number of aromatic nitrogens is 3. The van der Waals surface area contributed by atoms with Crippen molar-refractivity contribution in [3.8, 4) is 12.1 Å². The lowest BCUT2D eigenvalue weighted by atomic mass is 9.81. The van der Waals surface area contributed by atoms with Gasteiger partial charge in [-0.15, -0.1) is 5.10 Å². The Balaban J connectivity index is 2.22. The van der Waals surface area contributed by atoms with Crippen LogP contribution in [-0.4, -0.2) is 15.4 Å². The van der Waals surface area contributed by atoms with Crippen LogP contribution in [0, 0.1) is 22.7 Å². The molecule has 2 heterocycles. The van der Waals surface area contributed by atoms with Gasteiger partial charge in [0.1, 0.15) is 5.52 Å². The van der Waals surface area contributed by atoms with Gasteiger partial charge < -0.3 is 5.32 Å². The van der Waals surface area contributed by atoms with E-state index < -0.39 is 0 Å². The van der Waals surface area contributed by atoms with Gasteiger partial charge in [-0.3, -0.25) is 5.10 Å². The zero-order valence-corrected chi connectivity index (χ0v) is 11.6. The number of allylic oxidation sites excluding steroid dienone is 4. The van der Waals surface area contributed by atoms with E-state index in [0.29, 0.717) is 11.1 Å². The van der Waals surface area contributed by atoms with Crippen LogP contribution in [0.4, 0.5) is 0 Å². The van der Waals surface area contributed by atoms with Gasteiger partial charge in [-0.25, -0.2) is 0 Å². The molecule has 1 aliphatic rings. The summed E-state index contributed by atoms with van der Waals surface area (Å²) in [5, 5.41) is 32.5. The van der Waals surface area contributed by atoms with Crippen molar-refractivity contribution in [2.24, 2.45) is 0 Å². The summed E-state index contributed by atoms with van der Waals surface area (Å²) in [4.78, 5) is 0. The Morgan fingerprint density at radius 3 is 2.38 bits per heavy atom. The Morgan fingerprint density at radius 2 is 1.76 bits per heavy atom. The molecule has 0 saturated carbocycles. The summed E-state index contributed by atoms with van der Waals surface area (Å²) in [7, 11) is 0. The number of fused-ring (bicyclic) bond motifs is 1. The number of dihydropyridines is 1. The lowest BCUT2D eigenvalue weighted by Crippen LogP contribution is -2.23. The SMILES string of the molecule is CC1=C(C#N)C(c2ccc3[nH]nnc3c2)C(C#N)=C(C)N1. The molecule has 0 radical (unpaired) electrons. The third-order valence-corrected chi connectivity index (χ3v) is 3.68. The Labute approximate surface area is 121 Å². The van der Waals surface area contributed by atoms with Crippen molar-refractivity contribution < 1.29 is 0 Å². The van der Waals surface area contributed by atoms with Gasteiger partial charge in [0.05, 0.1) is 34.7 Å². The second kappa shape index (κ2) is 4.77. The highest BCUT2D eigenvalue weighted by molar-refractivity contribution is 5.75. The molecule has 0 atom stereocenters. The van der Waals surface area contributed by atoms with Crippen LogP contribution in [0.15, 0.2) is 40.7 Å². The minimum absolute atomic E-state index is 0.359. The first kappa shape index (κ1) is 12.9. The third kappa shape index (κ3) is 1.94. The van der Waals surface area contributed by atoms with Crippen LogP contribution in [-0.2, 0) is 0 Å². The molecule has 0 fully saturated rings. The normalized spacial score (nSPS) is 15.8. The van der Waals surface area contributed by atoms with Gasteiger partial charge in [0.15, 0.2) is 0 Å². The molecule has 1 aromatic carbocycles. The van der Waals surface area contributed by atoms with Crippen molar-refractivity contribution in [3.05, 3.63) is 46.3 Å². The van der Waals surface area contributed by atoms with E-state index in [1.807, 2.05) is 32.0 Å². The van der Waals surface area contributed by atoms with Crippen molar-refractivity contribution in [1.82, 2.24) is 20.7 Å². The van der Waals surface area contributed by atoms with Crippen LogP contribution >= 0.6 is 0 Å². The molecule has 0 unspecified atom stereocenters. The summed E-state index contributed by atoms with van der Waals surface area (Å²) in [6, 6.07) is 10.1. The van der Waals surface area contributed by atoms with E-state index in [9.17, 15) is 10.5 Å². The number of nitrogens with one attached hydrogen (secondary N) is 2. The van der Waals surface area contributed by atoms with Gasteiger partial charge in [-0.2, -0.15) is 10.5 Å². The standard InChI is InChI=1S/C15H12N6/c1-8-11(6-16)15(12(7-17)9(2)18-8)10-3-4-13-14(5-10)20-21-19-13/h3-5,15,18H,1-2H3,(H,19,20,21). The monoisotopic (exact) mass is 276 g/mol. The summed E-state index contributed by atoms with van der Waals surface area (Å²) in [5.74, 6) is -0.359. The molecule has 2 N–H and O–H groups in total. The zero-order chi connectivity index (χ0) is 15.0. The molecular weight excluding hydrogens is 264 g/mol. The predicted octanol–water partition coefficient (Wildman–Crippen LogP) is 2.24. The smallest absolute Gasteiger partial charge is 0.113 e. The van der Waals surface area contributed by atoms with Crippen molar-refractivity contribution in [3.63, 3.8) is 0 Å². The molecule has 0 aliphatic carbocycles. The number of rotatable bonds is 1. The minimum Gasteiger partial charge on any atom is -0.361 e. The van der Waals surface area contributed by atoms with Crippen molar-refractivity contribution >= 4 is 11.0 Å². The van der Waals surface area contributed by atoms with Gasteiger partial charge in [-0.05, 0) is 31.5 Å². The van der Waals surface area contributed by atoms with Gasteiger partial charge in [-0.1, -0.05) is 11.3 Å². The first-order chi connectivity index (χ1) is 10.2. The molecular formula is C15H12N6. The molecule has 0 bridgehead atoms. The van der Waals surface area contributed by atoms with Crippen LogP contribution in [0.5, 0.6) is 0 Å². The maximum absolute atomic E-state index is 9.45. The summed E-state index contributed by atoms with van der Waals surface area (Å²) in [5.41, 5.74) is 5.07. The fourth-order valence-corrected chi connectivity index (χ4v) is 2.66. The zero-order valence-electron chi connectivity index (χ0n) is 11.6. The van der Waals surface area contributed by atoms with Crippen molar-refractivity contribution in [2.45, 2.75) is 19.8 Å². The van der Waals surface area contributed by atoms with E-state index in [-0.39, 0.29) is 5.92 Å². The second-order valence-corrected chi connectivity index (χ2v) is 4.95. The van der Waals surface area contributed by atoms with Gasteiger partial charge in [0.25, 0.3) is 0 Å². The van der Waals surface area contributed by atoms with Crippen molar-refractivity contribution in [1.29, 1.82) is 10.5 Å². The quantitative estimate of drug-likeness (QED) is 0.831. The van der Waals surface area contributed by atoms with Crippen LogP contribution < -0.4 is 5.32 Å². The summed E-state index contributed by atoms with van der Waals surface area (Å²) >= 11 is 0. The maximum Gasteiger partial charge on any atom is 0.113 e. The predicted molar refractivity (Wildman–Crippen MR) is 76.4 cm³/mol. The largest absolute Gasteiger partial charge is 0.361 e. The highest BCUT2D eigenvalue weighted by Gasteiger charge is 2.29. The number of hydrogen-bond donors (Lipinski definition) is 2. The molecule has 0 amide bonds. The van der Waals surface area contributed by atoms with Crippen LogP contribution in [0.2, 0.25) is 0 Å². The van der Waals surface area contributed by atoms with Crippen molar-refractivity contribution in [2.75, 3.05) is 0 Å². The lowest BCUT2D eigenvalue weighted by Gasteiger charge is -2.26. The van der Waals surface area contributed by atoms with Crippen LogP contribution in [0.1, 0.15) is 25.3 Å². The molecule has 1 aliphatic heterocycles. The van der Waals surface area contributed by atoms with Crippen LogP contribution in [0.3, 0.4) is 0 Å². The number of hydrogen-bond acceptors (Lipinski definition) is 5. The Kier molecular flexibility index (Phi) is 2.93. The topological polar surface area (TPSA) is 101 Å². The number of H-pyrrole nitrogens is 1. The van der Waals surface area contributed by atoms with Gasteiger partial charge in [0, 0.05) is 11.4 Å². The summed E-state index contributed by atoms with van der Waals surface area (Å²) < 4.78 is 0. The average Bonchev–Trinajstić information content (AvgIpc) is 2.93. The number of aromatic amines is 1. The van der Waals surface area contributed by atoms with E-state index in [4.69, 9.17) is 0 Å². The molecule has 6 nitrogen and oxygen atoms in total. The van der Waals surface area contributed by atoms with E-state index in [0.717, 1.165) is 28.0 Å². The average molecular weight is 276 g/mol. The number of nitriles is 2. The number of nitrogens with zero attached hydrogens (tertiary/aromatic N) is 4. The third-order valence-electron chi connectivity index (χ3n) is 3.68. The molecule has 102 valence electrons. The fraction of sp³-hybridized carbons (Fsp3) is 0.200. The fourth-order valence-electron chi connectivity index (χ4n) is 2.66. The second-order valence-electron chi connectivity index (χ2n) is 4.95. The van der Waals surface area contributed by atoms with E-state index in [2.05, 4.69) is 32.9 Å². The minimum atomic E-state index is -0.359. The molecule has 0 spiro atoms.